The van der Waals surface area contributed by atoms with Gasteiger partial charge in [-0.25, -0.2) is 12.8 Å². The highest BCUT2D eigenvalue weighted by Crippen LogP contribution is 2.22. The lowest BCUT2D eigenvalue weighted by molar-refractivity contribution is -0.116. The Kier molecular flexibility index (Phi) is 5.40. The second kappa shape index (κ2) is 8.00. The van der Waals surface area contributed by atoms with Gasteiger partial charge in [-0.1, -0.05) is 6.07 Å². The standard InChI is InChI=1S/C21H20FN3O4S/c22-18-5-3-4-17-19(26)10-13-24(21(17)18)14-20(27)23-15-6-8-16(9-7-15)30(28,29)25-11-1-2-12-25/h3-10,13H,1-2,11-12,14H2,(H,23,27). The maximum atomic E-state index is 14.2. The first-order chi connectivity index (χ1) is 14.4. The molecule has 1 aliphatic heterocycles. The average Bonchev–Trinajstić information content (AvgIpc) is 3.26. The second-order valence-corrected chi connectivity index (χ2v) is 9.07. The Hall–Kier alpha value is -3.04. The van der Waals surface area contributed by atoms with Crippen LogP contribution in [-0.2, 0) is 21.4 Å². The van der Waals surface area contributed by atoms with E-state index in [1.807, 2.05) is 0 Å². The SMILES string of the molecule is O=C(Cn1ccc(=O)c2cccc(F)c21)Nc1ccc(S(=O)(=O)N2CCCC2)cc1. The molecule has 0 atom stereocenters. The molecule has 4 rings (SSSR count). The molecular formula is C21H20FN3O4S. The van der Waals surface area contributed by atoms with Crippen LogP contribution in [0, 0.1) is 5.82 Å². The molecule has 156 valence electrons. The number of sulfonamides is 1. The van der Waals surface area contributed by atoms with E-state index in [9.17, 15) is 22.4 Å². The van der Waals surface area contributed by atoms with E-state index < -0.39 is 21.7 Å². The summed E-state index contributed by atoms with van der Waals surface area (Å²) in [6.45, 7) is 0.834. The number of pyridine rings is 1. The molecule has 1 fully saturated rings. The van der Waals surface area contributed by atoms with Gasteiger partial charge in [0, 0.05) is 36.4 Å². The fourth-order valence-corrected chi connectivity index (χ4v) is 5.12. The minimum Gasteiger partial charge on any atom is -0.335 e. The fourth-order valence-electron chi connectivity index (χ4n) is 3.60. The first-order valence-electron chi connectivity index (χ1n) is 9.54. The highest BCUT2D eigenvalue weighted by atomic mass is 32.2. The van der Waals surface area contributed by atoms with Crippen molar-refractivity contribution in [3.63, 3.8) is 0 Å². The summed E-state index contributed by atoms with van der Waals surface area (Å²) >= 11 is 0. The molecule has 1 aliphatic rings. The van der Waals surface area contributed by atoms with Crippen LogP contribution in [-0.4, -0.2) is 36.3 Å². The quantitative estimate of drug-likeness (QED) is 0.675. The van der Waals surface area contributed by atoms with Crippen molar-refractivity contribution >= 4 is 32.5 Å². The number of aromatic nitrogens is 1. The number of hydrogen-bond donors (Lipinski definition) is 1. The molecule has 1 N–H and O–H groups in total. The van der Waals surface area contributed by atoms with Gasteiger partial charge in [0.25, 0.3) is 0 Å². The number of amides is 1. The van der Waals surface area contributed by atoms with Crippen molar-refractivity contribution in [2.75, 3.05) is 18.4 Å². The molecule has 1 aromatic heterocycles. The van der Waals surface area contributed by atoms with E-state index in [2.05, 4.69) is 5.32 Å². The number of para-hydroxylation sites is 1. The lowest BCUT2D eigenvalue weighted by Gasteiger charge is -2.16. The minimum absolute atomic E-state index is 0.0622. The van der Waals surface area contributed by atoms with E-state index in [-0.39, 0.29) is 27.8 Å². The number of fused-ring (bicyclic) bond motifs is 1. The molecule has 1 amide bonds. The number of anilines is 1. The zero-order valence-electron chi connectivity index (χ0n) is 16.0. The molecular weight excluding hydrogens is 409 g/mol. The van der Waals surface area contributed by atoms with Crippen LogP contribution >= 0.6 is 0 Å². The summed E-state index contributed by atoms with van der Waals surface area (Å²) < 4.78 is 42.2. The van der Waals surface area contributed by atoms with Gasteiger partial charge < -0.3 is 9.88 Å². The Balaban J connectivity index is 1.51. The van der Waals surface area contributed by atoms with Crippen molar-refractivity contribution in [2.24, 2.45) is 0 Å². The molecule has 7 nitrogen and oxygen atoms in total. The number of rotatable bonds is 5. The molecule has 0 unspecified atom stereocenters. The van der Waals surface area contributed by atoms with Crippen molar-refractivity contribution in [1.82, 2.24) is 8.87 Å². The molecule has 0 bridgehead atoms. The Labute approximate surface area is 172 Å². The summed E-state index contributed by atoms with van der Waals surface area (Å²) in [5.41, 5.74) is 0.161. The van der Waals surface area contributed by atoms with E-state index >= 15 is 0 Å². The third-order valence-electron chi connectivity index (χ3n) is 5.10. The summed E-state index contributed by atoms with van der Waals surface area (Å²) in [5.74, 6) is -1.02. The van der Waals surface area contributed by atoms with Gasteiger partial charge in [-0.15, -0.1) is 0 Å². The third-order valence-corrected chi connectivity index (χ3v) is 7.01. The zero-order valence-corrected chi connectivity index (χ0v) is 16.9. The average molecular weight is 429 g/mol. The smallest absolute Gasteiger partial charge is 0.244 e. The molecule has 0 aliphatic carbocycles. The Bertz CT molecular complexity index is 1260. The van der Waals surface area contributed by atoms with E-state index in [1.54, 1.807) is 0 Å². The van der Waals surface area contributed by atoms with Crippen LogP contribution in [0.4, 0.5) is 10.1 Å². The van der Waals surface area contributed by atoms with E-state index in [4.69, 9.17) is 0 Å². The van der Waals surface area contributed by atoms with Crippen molar-refractivity contribution in [2.45, 2.75) is 24.3 Å². The van der Waals surface area contributed by atoms with Gasteiger partial charge in [0.05, 0.1) is 10.4 Å². The topological polar surface area (TPSA) is 88.5 Å². The summed E-state index contributed by atoms with van der Waals surface area (Å²) in [6, 6.07) is 11.4. The fraction of sp³-hybridized carbons (Fsp3) is 0.238. The highest BCUT2D eigenvalue weighted by molar-refractivity contribution is 7.89. The molecule has 0 radical (unpaired) electrons. The largest absolute Gasteiger partial charge is 0.335 e. The normalized spacial score (nSPS) is 14.8. The number of hydrogen-bond acceptors (Lipinski definition) is 4. The number of benzene rings is 2. The maximum Gasteiger partial charge on any atom is 0.244 e. The van der Waals surface area contributed by atoms with Crippen molar-refractivity contribution in [3.8, 4) is 0 Å². The van der Waals surface area contributed by atoms with Crippen LogP contribution in [0.5, 0.6) is 0 Å². The predicted molar refractivity (Wildman–Crippen MR) is 111 cm³/mol. The molecule has 2 aromatic carbocycles. The molecule has 2 heterocycles. The minimum atomic E-state index is -3.52. The lowest BCUT2D eigenvalue weighted by Crippen LogP contribution is -2.27. The van der Waals surface area contributed by atoms with Crippen LogP contribution in [0.2, 0.25) is 0 Å². The van der Waals surface area contributed by atoms with Gasteiger partial charge in [-0.2, -0.15) is 4.31 Å². The van der Waals surface area contributed by atoms with Gasteiger partial charge in [-0.05, 0) is 49.2 Å². The van der Waals surface area contributed by atoms with Gasteiger partial charge in [0.2, 0.25) is 15.9 Å². The van der Waals surface area contributed by atoms with Crippen LogP contribution in [0.3, 0.4) is 0 Å². The van der Waals surface area contributed by atoms with Crippen molar-refractivity contribution in [3.05, 3.63) is 70.8 Å². The summed E-state index contributed by atoms with van der Waals surface area (Å²) in [5, 5.41) is 2.86. The number of nitrogens with zero attached hydrogens (tertiary/aromatic N) is 2. The lowest BCUT2D eigenvalue weighted by atomic mass is 10.2. The van der Waals surface area contributed by atoms with E-state index in [0.29, 0.717) is 18.8 Å². The molecule has 30 heavy (non-hydrogen) atoms. The van der Waals surface area contributed by atoms with Crippen LogP contribution in [0.25, 0.3) is 10.9 Å². The van der Waals surface area contributed by atoms with Crippen LogP contribution in [0.1, 0.15) is 12.8 Å². The van der Waals surface area contributed by atoms with Crippen molar-refractivity contribution in [1.29, 1.82) is 0 Å². The molecule has 0 saturated carbocycles. The van der Waals surface area contributed by atoms with E-state index in [1.165, 1.54) is 63.6 Å². The maximum absolute atomic E-state index is 14.2. The first-order valence-corrected chi connectivity index (χ1v) is 11.0. The van der Waals surface area contributed by atoms with Crippen LogP contribution < -0.4 is 10.7 Å². The Morgan fingerprint density at radius 3 is 2.43 bits per heavy atom. The van der Waals surface area contributed by atoms with Gasteiger partial charge in [0.15, 0.2) is 5.43 Å². The Morgan fingerprint density at radius 1 is 1.03 bits per heavy atom. The second-order valence-electron chi connectivity index (χ2n) is 7.13. The zero-order chi connectivity index (χ0) is 21.3. The van der Waals surface area contributed by atoms with Gasteiger partial charge in [-0.3, -0.25) is 9.59 Å². The summed E-state index contributed by atoms with van der Waals surface area (Å²) in [6.07, 6.45) is 3.08. The third kappa shape index (κ3) is 3.86. The number of nitrogens with one attached hydrogen (secondary N) is 1. The van der Waals surface area contributed by atoms with Crippen molar-refractivity contribution < 1.29 is 17.6 Å². The van der Waals surface area contributed by atoms with Crippen LogP contribution in [0.15, 0.2) is 64.4 Å². The summed E-state index contributed by atoms with van der Waals surface area (Å²) in [7, 11) is -3.52. The molecule has 1 saturated heterocycles. The van der Waals surface area contributed by atoms with Gasteiger partial charge >= 0.3 is 0 Å². The first kappa shape index (κ1) is 20.2. The number of halogens is 1. The molecule has 9 heteroatoms. The summed E-state index contributed by atoms with van der Waals surface area (Å²) in [4.78, 5) is 24.6. The number of carbonyl (C=O) groups is 1. The predicted octanol–water partition coefficient (Wildman–Crippen LogP) is 2.56. The van der Waals surface area contributed by atoms with Gasteiger partial charge in [0.1, 0.15) is 12.4 Å². The monoisotopic (exact) mass is 429 g/mol. The molecule has 3 aromatic rings. The molecule has 0 spiro atoms. The van der Waals surface area contributed by atoms with E-state index in [0.717, 1.165) is 12.8 Å². The Morgan fingerprint density at radius 2 is 1.73 bits per heavy atom. The number of carbonyl (C=O) groups excluding carboxylic acids is 1. The highest BCUT2D eigenvalue weighted by Gasteiger charge is 2.26.